The van der Waals surface area contributed by atoms with Crippen LogP contribution in [0.2, 0.25) is 0 Å². The van der Waals surface area contributed by atoms with Crippen LogP contribution in [0.4, 0.5) is 0 Å². The van der Waals surface area contributed by atoms with Gasteiger partial charge in [0.2, 0.25) is 0 Å². The number of ketones is 1. The SMILES string of the molecule is O=C1C=C2C(=CC1)COc1ccccc12. The van der Waals surface area contributed by atoms with Gasteiger partial charge in [-0.25, -0.2) is 0 Å². The van der Waals surface area contributed by atoms with Gasteiger partial charge in [0, 0.05) is 12.0 Å². The quantitative estimate of drug-likeness (QED) is 0.639. The fourth-order valence-electron chi connectivity index (χ4n) is 2.00. The topological polar surface area (TPSA) is 26.3 Å². The van der Waals surface area contributed by atoms with E-state index in [9.17, 15) is 4.79 Å². The number of fused-ring (bicyclic) bond motifs is 3. The van der Waals surface area contributed by atoms with Crippen LogP contribution >= 0.6 is 0 Å². The fraction of sp³-hybridized carbons (Fsp3) is 0.154. The van der Waals surface area contributed by atoms with Crippen LogP contribution in [0.25, 0.3) is 5.57 Å². The smallest absolute Gasteiger partial charge is 0.160 e. The number of carbonyl (C=O) groups is 1. The van der Waals surface area contributed by atoms with Crippen molar-refractivity contribution >= 4 is 11.4 Å². The Balaban J connectivity index is 2.19. The molecule has 2 nitrogen and oxygen atoms in total. The first-order valence-electron chi connectivity index (χ1n) is 5.01. The first-order chi connectivity index (χ1) is 7.34. The summed E-state index contributed by atoms with van der Waals surface area (Å²) in [5.41, 5.74) is 3.20. The highest BCUT2D eigenvalue weighted by Crippen LogP contribution is 2.37. The minimum atomic E-state index is 0.172. The van der Waals surface area contributed by atoms with Crippen molar-refractivity contribution in [2.24, 2.45) is 0 Å². The first kappa shape index (κ1) is 8.48. The monoisotopic (exact) mass is 198 g/mol. The van der Waals surface area contributed by atoms with Crippen LogP contribution in [0, 0.1) is 0 Å². The Bertz CT molecular complexity index is 495. The van der Waals surface area contributed by atoms with E-state index in [-0.39, 0.29) is 5.78 Å². The molecule has 0 atom stereocenters. The summed E-state index contributed by atoms with van der Waals surface area (Å²) in [6, 6.07) is 7.84. The summed E-state index contributed by atoms with van der Waals surface area (Å²) in [4.78, 5) is 11.4. The molecule has 0 radical (unpaired) electrons. The molecule has 1 aliphatic carbocycles. The van der Waals surface area contributed by atoms with Gasteiger partial charge in [-0.05, 0) is 23.3 Å². The van der Waals surface area contributed by atoms with Gasteiger partial charge >= 0.3 is 0 Å². The number of carbonyl (C=O) groups excluding carboxylic acids is 1. The van der Waals surface area contributed by atoms with E-state index in [1.165, 1.54) is 0 Å². The molecule has 1 aromatic rings. The Hall–Kier alpha value is -1.83. The highest BCUT2D eigenvalue weighted by molar-refractivity contribution is 6.04. The van der Waals surface area contributed by atoms with Gasteiger partial charge in [-0.1, -0.05) is 24.3 Å². The van der Waals surface area contributed by atoms with Crippen LogP contribution in [-0.4, -0.2) is 12.4 Å². The molecule has 1 aliphatic heterocycles. The summed E-state index contributed by atoms with van der Waals surface area (Å²) in [6.07, 6.45) is 4.20. The molecule has 0 saturated carbocycles. The van der Waals surface area contributed by atoms with E-state index in [0.29, 0.717) is 13.0 Å². The summed E-state index contributed by atoms with van der Waals surface area (Å²) < 4.78 is 5.61. The van der Waals surface area contributed by atoms with Gasteiger partial charge in [0.1, 0.15) is 12.4 Å². The number of para-hydroxylation sites is 1. The molecule has 15 heavy (non-hydrogen) atoms. The van der Waals surface area contributed by atoms with Crippen LogP contribution in [-0.2, 0) is 4.79 Å². The lowest BCUT2D eigenvalue weighted by atomic mass is 9.89. The molecular formula is C13H10O2. The third-order valence-corrected chi connectivity index (χ3v) is 2.76. The van der Waals surface area contributed by atoms with Crippen molar-refractivity contribution in [1.29, 1.82) is 0 Å². The fourth-order valence-corrected chi connectivity index (χ4v) is 2.00. The molecule has 0 N–H and O–H groups in total. The van der Waals surface area contributed by atoms with Crippen molar-refractivity contribution in [3.8, 4) is 5.75 Å². The van der Waals surface area contributed by atoms with Crippen LogP contribution < -0.4 is 4.74 Å². The van der Waals surface area contributed by atoms with Crippen molar-refractivity contribution in [2.45, 2.75) is 6.42 Å². The van der Waals surface area contributed by atoms with Gasteiger partial charge in [-0.15, -0.1) is 0 Å². The minimum absolute atomic E-state index is 0.172. The molecule has 1 heterocycles. The lowest BCUT2D eigenvalue weighted by Gasteiger charge is -2.24. The van der Waals surface area contributed by atoms with E-state index in [4.69, 9.17) is 4.74 Å². The molecule has 0 fully saturated rings. The Morgan fingerprint density at radius 3 is 3.00 bits per heavy atom. The number of allylic oxidation sites excluding steroid dienone is 2. The van der Waals surface area contributed by atoms with Gasteiger partial charge in [-0.3, -0.25) is 4.79 Å². The third kappa shape index (κ3) is 1.30. The standard InChI is InChI=1S/C13H10O2/c14-10-6-5-9-8-15-13-4-2-1-3-11(13)12(9)7-10/h1-5,7H,6,8H2. The van der Waals surface area contributed by atoms with Crippen LogP contribution in [0.15, 0.2) is 42.0 Å². The zero-order valence-electron chi connectivity index (χ0n) is 8.19. The second-order valence-corrected chi connectivity index (χ2v) is 3.74. The summed E-state index contributed by atoms with van der Waals surface area (Å²) in [7, 11) is 0. The number of hydrogen-bond acceptors (Lipinski definition) is 2. The highest BCUT2D eigenvalue weighted by atomic mass is 16.5. The van der Waals surface area contributed by atoms with E-state index in [2.05, 4.69) is 0 Å². The molecule has 2 aliphatic rings. The summed E-state index contributed by atoms with van der Waals surface area (Å²) in [5.74, 6) is 1.04. The molecule has 0 bridgehead atoms. The zero-order chi connectivity index (χ0) is 10.3. The number of hydrogen-bond donors (Lipinski definition) is 0. The molecule has 0 unspecified atom stereocenters. The Labute approximate surface area is 87.9 Å². The lowest BCUT2D eigenvalue weighted by molar-refractivity contribution is -0.113. The maximum absolute atomic E-state index is 11.4. The predicted molar refractivity (Wildman–Crippen MR) is 57.6 cm³/mol. The van der Waals surface area contributed by atoms with Gasteiger partial charge in [-0.2, -0.15) is 0 Å². The highest BCUT2D eigenvalue weighted by Gasteiger charge is 2.22. The number of benzene rings is 1. The molecule has 1 aromatic carbocycles. The van der Waals surface area contributed by atoms with E-state index < -0.39 is 0 Å². The summed E-state index contributed by atoms with van der Waals surface area (Å²) >= 11 is 0. The average molecular weight is 198 g/mol. The summed E-state index contributed by atoms with van der Waals surface area (Å²) in [5, 5.41) is 0. The Morgan fingerprint density at radius 2 is 2.07 bits per heavy atom. The van der Waals surface area contributed by atoms with Gasteiger partial charge in [0.05, 0.1) is 0 Å². The summed E-state index contributed by atoms with van der Waals surface area (Å²) in [6.45, 7) is 0.579. The molecular weight excluding hydrogens is 188 g/mol. The molecule has 0 saturated heterocycles. The Morgan fingerprint density at radius 1 is 1.20 bits per heavy atom. The number of rotatable bonds is 0. The maximum Gasteiger partial charge on any atom is 0.160 e. The second-order valence-electron chi connectivity index (χ2n) is 3.74. The maximum atomic E-state index is 11.4. The lowest BCUT2D eigenvalue weighted by Crippen LogP contribution is -2.15. The van der Waals surface area contributed by atoms with E-state index >= 15 is 0 Å². The molecule has 74 valence electrons. The first-order valence-corrected chi connectivity index (χ1v) is 5.01. The van der Waals surface area contributed by atoms with Crippen molar-refractivity contribution in [3.63, 3.8) is 0 Å². The molecule has 2 heteroatoms. The molecule has 0 amide bonds. The van der Waals surface area contributed by atoms with Crippen molar-refractivity contribution in [1.82, 2.24) is 0 Å². The largest absolute Gasteiger partial charge is 0.488 e. The van der Waals surface area contributed by atoms with Crippen molar-refractivity contribution in [2.75, 3.05) is 6.61 Å². The number of ether oxygens (including phenoxy) is 1. The molecule has 0 aromatic heterocycles. The van der Waals surface area contributed by atoms with Gasteiger partial charge in [0.15, 0.2) is 5.78 Å². The van der Waals surface area contributed by atoms with E-state index in [0.717, 1.165) is 22.5 Å². The third-order valence-electron chi connectivity index (χ3n) is 2.76. The van der Waals surface area contributed by atoms with Crippen molar-refractivity contribution in [3.05, 3.63) is 47.6 Å². The minimum Gasteiger partial charge on any atom is -0.488 e. The van der Waals surface area contributed by atoms with E-state index in [1.54, 1.807) is 6.08 Å². The molecule has 0 spiro atoms. The van der Waals surface area contributed by atoms with Gasteiger partial charge < -0.3 is 4.74 Å². The predicted octanol–water partition coefficient (Wildman–Crippen LogP) is 2.36. The average Bonchev–Trinajstić information content (AvgIpc) is 2.29. The Kier molecular flexibility index (Phi) is 1.75. The van der Waals surface area contributed by atoms with Crippen molar-refractivity contribution < 1.29 is 9.53 Å². The second kappa shape index (κ2) is 3.09. The van der Waals surface area contributed by atoms with E-state index in [1.807, 2.05) is 30.3 Å². The zero-order valence-corrected chi connectivity index (χ0v) is 8.19. The van der Waals surface area contributed by atoms with Crippen LogP contribution in [0.3, 0.4) is 0 Å². The van der Waals surface area contributed by atoms with Crippen LogP contribution in [0.5, 0.6) is 5.75 Å². The normalized spacial score (nSPS) is 18.3. The van der Waals surface area contributed by atoms with Gasteiger partial charge in [0.25, 0.3) is 0 Å². The molecule has 3 rings (SSSR count). The van der Waals surface area contributed by atoms with Crippen LogP contribution in [0.1, 0.15) is 12.0 Å².